The van der Waals surface area contributed by atoms with E-state index in [0.717, 1.165) is 5.56 Å². The number of aliphatic hydroxyl groups is 1. The maximum Gasteiger partial charge on any atom is 0.227 e. The summed E-state index contributed by atoms with van der Waals surface area (Å²) in [4.78, 5) is 19.3. The first-order valence-corrected chi connectivity index (χ1v) is 9.29. The van der Waals surface area contributed by atoms with Gasteiger partial charge in [-0.2, -0.15) is 9.97 Å². The van der Waals surface area contributed by atoms with Crippen molar-refractivity contribution in [3.05, 3.63) is 60.3 Å². The topological polar surface area (TPSA) is 99.1 Å². The fraction of sp³-hybridized carbons (Fsp3) is 0.300. The molecule has 0 bridgehead atoms. The molecule has 1 aliphatic heterocycles. The van der Waals surface area contributed by atoms with Crippen LogP contribution in [-0.2, 0) is 0 Å². The third kappa shape index (κ3) is 5.11. The third-order valence-electron chi connectivity index (χ3n) is 4.63. The van der Waals surface area contributed by atoms with Gasteiger partial charge in [0, 0.05) is 31.5 Å². The predicted molar refractivity (Wildman–Crippen MR) is 116 cm³/mol. The molecule has 30 heavy (non-hydrogen) atoms. The number of anilines is 4. The van der Waals surface area contributed by atoms with Gasteiger partial charge in [0.15, 0.2) is 0 Å². The first-order valence-electron chi connectivity index (χ1n) is 9.29. The fourth-order valence-electron chi connectivity index (χ4n) is 3.19. The van der Waals surface area contributed by atoms with Crippen molar-refractivity contribution in [2.24, 2.45) is 0 Å². The van der Waals surface area contributed by atoms with Gasteiger partial charge in [-0.15, -0.1) is 12.4 Å². The van der Waals surface area contributed by atoms with Gasteiger partial charge in [0.1, 0.15) is 23.3 Å². The second-order valence-electron chi connectivity index (χ2n) is 7.42. The Morgan fingerprint density at radius 2 is 1.87 bits per heavy atom. The van der Waals surface area contributed by atoms with E-state index < -0.39 is 5.60 Å². The lowest BCUT2D eigenvalue weighted by Gasteiger charge is -2.45. The van der Waals surface area contributed by atoms with Gasteiger partial charge in [-0.1, -0.05) is 12.1 Å². The summed E-state index contributed by atoms with van der Waals surface area (Å²) in [6.07, 6.45) is 4.79. The van der Waals surface area contributed by atoms with E-state index in [4.69, 9.17) is 0 Å². The Hall–Kier alpha value is -3.04. The summed E-state index contributed by atoms with van der Waals surface area (Å²) >= 11 is 0. The molecule has 3 heterocycles. The molecule has 0 spiro atoms. The Labute approximate surface area is 180 Å². The summed E-state index contributed by atoms with van der Waals surface area (Å²) in [5.41, 5.74) is 0.189. The third-order valence-corrected chi connectivity index (χ3v) is 4.63. The van der Waals surface area contributed by atoms with Crippen molar-refractivity contribution in [2.75, 3.05) is 28.6 Å². The van der Waals surface area contributed by atoms with Crippen LogP contribution in [0.1, 0.15) is 25.5 Å². The van der Waals surface area contributed by atoms with Gasteiger partial charge in [-0.3, -0.25) is 4.98 Å². The standard InChI is InChI=1S/C20H22FN7O.ClH/c1-13(14-3-5-15(21)6-4-14)24-19-26-16(25-17-10-22-7-8-23-17)9-18(27-19)28-11-20(2,29)12-28;/h3-10,13,29H,11-12H2,1-2H3,(H2,23,24,25,26,27);1H/t13-;/m0./s1. The highest BCUT2D eigenvalue weighted by Gasteiger charge is 2.37. The van der Waals surface area contributed by atoms with E-state index in [9.17, 15) is 9.50 Å². The molecule has 3 N–H and O–H groups in total. The molecular formula is C20H23ClFN7O. The van der Waals surface area contributed by atoms with E-state index in [0.29, 0.717) is 36.5 Å². The Bertz CT molecular complexity index is 980. The van der Waals surface area contributed by atoms with Crippen LogP contribution in [0.5, 0.6) is 0 Å². The highest BCUT2D eigenvalue weighted by atomic mass is 35.5. The number of nitrogens with zero attached hydrogens (tertiary/aromatic N) is 5. The first kappa shape index (κ1) is 21.7. The van der Waals surface area contributed by atoms with E-state index >= 15 is 0 Å². The molecular weight excluding hydrogens is 409 g/mol. The molecule has 1 aromatic carbocycles. The number of hydrogen-bond acceptors (Lipinski definition) is 8. The zero-order valence-electron chi connectivity index (χ0n) is 16.6. The molecule has 0 amide bonds. The second kappa shape index (κ2) is 8.76. The summed E-state index contributed by atoms with van der Waals surface area (Å²) in [7, 11) is 0. The van der Waals surface area contributed by atoms with Crippen molar-refractivity contribution >= 4 is 35.8 Å². The van der Waals surface area contributed by atoms with E-state index in [1.54, 1.807) is 43.7 Å². The van der Waals surface area contributed by atoms with Crippen LogP contribution in [-0.4, -0.2) is 43.7 Å². The summed E-state index contributed by atoms with van der Waals surface area (Å²) < 4.78 is 13.2. The minimum atomic E-state index is -0.724. The molecule has 1 atom stereocenters. The monoisotopic (exact) mass is 431 g/mol. The molecule has 10 heteroatoms. The molecule has 2 aromatic heterocycles. The maximum atomic E-state index is 13.2. The Morgan fingerprint density at radius 1 is 1.13 bits per heavy atom. The lowest BCUT2D eigenvalue weighted by atomic mass is 9.97. The molecule has 1 saturated heterocycles. The fourth-order valence-corrected chi connectivity index (χ4v) is 3.19. The van der Waals surface area contributed by atoms with Crippen LogP contribution >= 0.6 is 12.4 Å². The van der Waals surface area contributed by atoms with Crippen LogP contribution in [0.15, 0.2) is 48.9 Å². The highest BCUT2D eigenvalue weighted by Crippen LogP contribution is 2.29. The number of halogens is 2. The molecule has 1 aliphatic rings. The Morgan fingerprint density at radius 3 is 2.50 bits per heavy atom. The number of rotatable bonds is 6. The summed E-state index contributed by atoms with van der Waals surface area (Å²) in [5, 5.41) is 16.5. The quantitative estimate of drug-likeness (QED) is 0.546. The summed E-state index contributed by atoms with van der Waals surface area (Å²) in [6, 6.07) is 7.97. The first-order chi connectivity index (χ1) is 13.9. The molecule has 3 aromatic rings. The minimum Gasteiger partial charge on any atom is -0.386 e. The number of β-amino-alcohol motifs (C(OH)–C–C–N with tert-alkyl or cyclic N) is 1. The van der Waals surface area contributed by atoms with Gasteiger partial charge in [0.2, 0.25) is 5.95 Å². The minimum absolute atomic E-state index is 0. The van der Waals surface area contributed by atoms with Crippen molar-refractivity contribution in [3.8, 4) is 0 Å². The van der Waals surface area contributed by atoms with Crippen LogP contribution in [0.2, 0.25) is 0 Å². The zero-order chi connectivity index (χ0) is 20.4. The van der Waals surface area contributed by atoms with Gasteiger partial charge in [0.25, 0.3) is 0 Å². The van der Waals surface area contributed by atoms with Crippen molar-refractivity contribution in [1.82, 2.24) is 19.9 Å². The number of nitrogens with one attached hydrogen (secondary N) is 2. The zero-order valence-corrected chi connectivity index (χ0v) is 17.4. The smallest absolute Gasteiger partial charge is 0.227 e. The van der Waals surface area contributed by atoms with E-state index in [1.807, 2.05) is 11.8 Å². The average molecular weight is 432 g/mol. The normalized spacial score (nSPS) is 15.5. The summed E-state index contributed by atoms with van der Waals surface area (Å²) in [6.45, 7) is 4.72. The molecule has 0 unspecified atom stereocenters. The Balaban J connectivity index is 0.00000256. The molecule has 0 radical (unpaired) electrons. The SMILES string of the molecule is C[C@H](Nc1nc(Nc2cnccn2)cc(N2CC(C)(O)C2)n1)c1ccc(F)cc1.Cl. The number of benzene rings is 1. The molecule has 4 rings (SSSR count). The van der Waals surface area contributed by atoms with Crippen molar-refractivity contribution in [2.45, 2.75) is 25.5 Å². The van der Waals surface area contributed by atoms with E-state index in [2.05, 4.69) is 30.6 Å². The van der Waals surface area contributed by atoms with Crippen LogP contribution < -0.4 is 15.5 Å². The highest BCUT2D eigenvalue weighted by molar-refractivity contribution is 5.85. The molecule has 0 saturated carbocycles. The van der Waals surface area contributed by atoms with Gasteiger partial charge in [-0.05, 0) is 31.5 Å². The average Bonchev–Trinajstić information content (AvgIpc) is 2.67. The van der Waals surface area contributed by atoms with Crippen molar-refractivity contribution in [1.29, 1.82) is 0 Å². The maximum absolute atomic E-state index is 13.2. The van der Waals surface area contributed by atoms with Crippen LogP contribution in [0.4, 0.5) is 27.8 Å². The van der Waals surface area contributed by atoms with Crippen LogP contribution in [0, 0.1) is 5.82 Å². The largest absolute Gasteiger partial charge is 0.386 e. The van der Waals surface area contributed by atoms with Crippen LogP contribution in [0.3, 0.4) is 0 Å². The molecule has 1 fully saturated rings. The van der Waals surface area contributed by atoms with Crippen molar-refractivity contribution in [3.63, 3.8) is 0 Å². The lowest BCUT2D eigenvalue weighted by molar-refractivity contribution is 0.0305. The predicted octanol–water partition coefficient (Wildman–Crippen LogP) is 3.32. The molecule has 8 nitrogen and oxygen atoms in total. The number of aromatic nitrogens is 4. The van der Waals surface area contributed by atoms with E-state index in [1.165, 1.54) is 12.1 Å². The number of hydrogen-bond donors (Lipinski definition) is 3. The van der Waals surface area contributed by atoms with Gasteiger partial charge in [-0.25, -0.2) is 9.37 Å². The van der Waals surface area contributed by atoms with Crippen LogP contribution in [0.25, 0.3) is 0 Å². The lowest BCUT2D eigenvalue weighted by Crippen LogP contribution is -2.60. The Kier molecular flexibility index (Phi) is 6.33. The molecule has 158 valence electrons. The van der Waals surface area contributed by atoms with Gasteiger partial charge in [0.05, 0.1) is 17.8 Å². The van der Waals surface area contributed by atoms with E-state index in [-0.39, 0.29) is 24.3 Å². The second-order valence-corrected chi connectivity index (χ2v) is 7.42. The van der Waals surface area contributed by atoms with Gasteiger partial charge >= 0.3 is 0 Å². The van der Waals surface area contributed by atoms with Gasteiger partial charge < -0.3 is 20.6 Å². The van der Waals surface area contributed by atoms with Crippen molar-refractivity contribution < 1.29 is 9.50 Å². The molecule has 0 aliphatic carbocycles. The summed E-state index contributed by atoms with van der Waals surface area (Å²) in [5.74, 6) is 1.93.